The molecule has 1 aliphatic carbocycles. The first kappa shape index (κ1) is 14.3. The van der Waals surface area contributed by atoms with Gasteiger partial charge in [-0.3, -0.25) is 4.79 Å². The molecule has 0 amide bonds. The van der Waals surface area contributed by atoms with Gasteiger partial charge in [-0.2, -0.15) is 0 Å². The summed E-state index contributed by atoms with van der Waals surface area (Å²) in [7, 11) is 0. The van der Waals surface area contributed by atoms with Gasteiger partial charge in [0, 0.05) is 0 Å². The van der Waals surface area contributed by atoms with Crippen LogP contribution in [0.5, 0.6) is 0 Å². The Kier molecular flexibility index (Phi) is 4.17. The molecule has 5 heteroatoms. The Morgan fingerprint density at radius 1 is 1.50 bits per heavy atom. The Balaban J connectivity index is 0.00000169. The molecule has 2 nitrogen and oxygen atoms in total. The van der Waals surface area contributed by atoms with Crippen LogP contribution in [0.25, 0.3) is 0 Å². The van der Waals surface area contributed by atoms with Gasteiger partial charge in [-0.05, 0) is 24.7 Å². The fraction of sp³-hybridized carbons (Fsp3) is 0.889. The number of hydrogen-bond acceptors (Lipinski definition) is 1. The van der Waals surface area contributed by atoms with Gasteiger partial charge in [0.05, 0.1) is 5.92 Å². The third-order valence-corrected chi connectivity index (χ3v) is 3.20. The highest BCUT2D eigenvalue weighted by atomic mass is 35.5. The van der Waals surface area contributed by atoms with Crippen molar-refractivity contribution in [3.05, 3.63) is 0 Å². The fourth-order valence-electron chi connectivity index (χ4n) is 2.00. The van der Waals surface area contributed by atoms with Gasteiger partial charge >= 0.3 is 5.97 Å². The number of carboxylic acid groups (broad SMARTS) is 1. The fourth-order valence-corrected chi connectivity index (χ4v) is 2.33. The van der Waals surface area contributed by atoms with Crippen molar-refractivity contribution in [3.8, 4) is 0 Å². The molecule has 1 rings (SSSR count). The second kappa shape index (κ2) is 4.07. The summed E-state index contributed by atoms with van der Waals surface area (Å²) in [5.74, 6) is -0.929. The molecule has 0 unspecified atom stereocenters. The molecule has 0 radical (unpaired) electrons. The van der Waals surface area contributed by atoms with Crippen LogP contribution in [0.2, 0.25) is 0 Å². The first-order chi connectivity index (χ1) is 5.66. The highest BCUT2D eigenvalue weighted by Crippen LogP contribution is 2.62. The molecule has 84 valence electrons. The molecule has 0 aliphatic heterocycles. The molecule has 2 atom stereocenters. The van der Waals surface area contributed by atoms with Gasteiger partial charge < -0.3 is 5.11 Å². The van der Waals surface area contributed by atoms with Crippen molar-refractivity contribution in [1.82, 2.24) is 0 Å². The zero-order valence-corrected chi connectivity index (χ0v) is 10.7. The van der Waals surface area contributed by atoms with Gasteiger partial charge in [0.15, 0.2) is 0 Å². The summed E-state index contributed by atoms with van der Waals surface area (Å²) in [6.45, 7) is 5.58. The van der Waals surface area contributed by atoms with E-state index in [2.05, 4.69) is 0 Å². The SMILES string of the molecule is CC(Cl)(Cl)C[C@H]1[C@H](C(=O)O)C1(C)C.Cl. The van der Waals surface area contributed by atoms with Crippen LogP contribution in [0.15, 0.2) is 0 Å². The predicted octanol–water partition coefficient (Wildman–Crippen LogP) is 3.35. The van der Waals surface area contributed by atoms with E-state index in [1.165, 1.54) is 0 Å². The minimum atomic E-state index is -0.813. The van der Waals surface area contributed by atoms with Crippen LogP contribution in [-0.2, 0) is 4.79 Å². The lowest BCUT2D eigenvalue weighted by atomic mass is 10.1. The van der Waals surface area contributed by atoms with Crippen LogP contribution in [0, 0.1) is 17.3 Å². The molecule has 1 saturated carbocycles. The maximum absolute atomic E-state index is 10.8. The highest BCUT2D eigenvalue weighted by molar-refractivity contribution is 6.48. The minimum absolute atomic E-state index is 0. The van der Waals surface area contributed by atoms with E-state index in [9.17, 15) is 4.79 Å². The molecule has 0 bridgehead atoms. The molecule has 0 aromatic carbocycles. The average Bonchev–Trinajstić information content (AvgIpc) is 2.28. The molecule has 1 fully saturated rings. The van der Waals surface area contributed by atoms with Crippen LogP contribution in [0.4, 0.5) is 0 Å². The van der Waals surface area contributed by atoms with E-state index < -0.39 is 10.3 Å². The van der Waals surface area contributed by atoms with Gasteiger partial charge in [0.25, 0.3) is 0 Å². The van der Waals surface area contributed by atoms with Crippen molar-refractivity contribution in [2.45, 2.75) is 31.5 Å². The lowest BCUT2D eigenvalue weighted by Gasteiger charge is -2.13. The highest BCUT2D eigenvalue weighted by Gasteiger charge is 2.62. The number of aliphatic carboxylic acids is 1. The molecule has 0 saturated heterocycles. The average molecular weight is 262 g/mol. The van der Waals surface area contributed by atoms with Crippen LogP contribution in [0.3, 0.4) is 0 Å². The summed E-state index contributed by atoms with van der Waals surface area (Å²) in [5.41, 5.74) is -0.156. The number of carbonyl (C=O) groups is 1. The maximum atomic E-state index is 10.8. The molecule has 0 aromatic heterocycles. The van der Waals surface area contributed by atoms with Gasteiger partial charge in [-0.25, -0.2) is 0 Å². The Labute approximate surface area is 100 Å². The van der Waals surface area contributed by atoms with Crippen molar-refractivity contribution < 1.29 is 9.90 Å². The third kappa shape index (κ3) is 2.91. The smallest absolute Gasteiger partial charge is 0.307 e. The summed E-state index contributed by atoms with van der Waals surface area (Å²) in [5, 5.41) is 8.87. The van der Waals surface area contributed by atoms with Gasteiger partial charge in [-0.1, -0.05) is 13.8 Å². The zero-order chi connectivity index (χ0) is 10.4. The molecule has 1 aliphatic rings. The first-order valence-corrected chi connectivity index (χ1v) is 5.02. The largest absolute Gasteiger partial charge is 0.481 e. The second-order valence-electron chi connectivity index (χ2n) is 4.52. The van der Waals surface area contributed by atoms with Crippen molar-refractivity contribution in [1.29, 1.82) is 0 Å². The number of rotatable bonds is 3. The molecule has 0 aromatic rings. The van der Waals surface area contributed by atoms with E-state index in [-0.39, 0.29) is 29.7 Å². The Hall–Kier alpha value is 0.340. The van der Waals surface area contributed by atoms with Crippen LogP contribution >= 0.6 is 35.6 Å². The molecule has 14 heavy (non-hydrogen) atoms. The maximum Gasteiger partial charge on any atom is 0.307 e. The normalized spacial score (nSPS) is 29.2. The van der Waals surface area contributed by atoms with Crippen LogP contribution < -0.4 is 0 Å². The predicted molar refractivity (Wildman–Crippen MR) is 60.4 cm³/mol. The number of hydrogen-bond donors (Lipinski definition) is 1. The molecule has 1 N–H and O–H groups in total. The van der Waals surface area contributed by atoms with Gasteiger partial charge in [0.2, 0.25) is 0 Å². The van der Waals surface area contributed by atoms with Crippen molar-refractivity contribution in [2.75, 3.05) is 0 Å². The van der Waals surface area contributed by atoms with E-state index in [0.29, 0.717) is 6.42 Å². The first-order valence-electron chi connectivity index (χ1n) is 4.27. The van der Waals surface area contributed by atoms with E-state index in [0.717, 1.165) is 0 Å². The monoisotopic (exact) mass is 260 g/mol. The van der Waals surface area contributed by atoms with Crippen LogP contribution in [-0.4, -0.2) is 15.4 Å². The third-order valence-electron chi connectivity index (χ3n) is 2.89. The van der Waals surface area contributed by atoms with E-state index in [4.69, 9.17) is 28.3 Å². The Morgan fingerprint density at radius 2 is 1.93 bits per heavy atom. The van der Waals surface area contributed by atoms with Crippen molar-refractivity contribution >= 4 is 41.6 Å². The lowest BCUT2D eigenvalue weighted by Crippen LogP contribution is -2.09. The van der Waals surface area contributed by atoms with Gasteiger partial charge in [-0.15, -0.1) is 35.6 Å². The summed E-state index contributed by atoms with van der Waals surface area (Å²) in [4.78, 5) is 10.8. The number of halogens is 3. The van der Waals surface area contributed by atoms with E-state index in [1.54, 1.807) is 6.92 Å². The van der Waals surface area contributed by atoms with E-state index in [1.807, 2.05) is 13.8 Å². The molecular weight excluding hydrogens is 246 g/mol. The summed E-state index contributed by atoms with van der Waals surface area (Å²) in [6.07, 6.45) is 0.542. The summed E-state index contributed by atoms with van der Waals surface area (Å²) in [6, 6.07) is 0. The van der Waals surface area contributed by atoms with Crippen LogP contribution in [0.1, 0.15) is 27.2 Å². The zero-order valence-electron chi connectivity index (χ0n) is 8.38. The Morgan fingerprint density at radius 3 is 2.14 bits per heavy atom. The number of carboxylic acids is 1. The lowest BCUT2D eigenvalue weighted by molar-refractivity contribution is -0.139. The van der Waals surface area contributed by atoms with Gasteiger partial charge in [0.1, 0.15) is 4.33 Å². The topological polar surface area (TPSA) is 37.3 Å². The quantitative estimate of drug-likeness (QED) is 0.791. The molecular formula is C9H15Cl3O2. The van der Waals surface area contributed by atoms with Crippen molar-refractivity contribution in [3.63, 3.8) is 0 Å². The summed E-state index contributed by atoms with van der Waals surface area (Å²) < 4.78 is -0.813. The minimum Gasteiger partial charge on any atom is -0.481 e. The van der Waals surface area contributed by atoms with E-state index >= 15 is 0 Å². The van der Waals surface area contributed by atoms with Crippen molar-refractivity contribution in [2.24, 2.45) is 17.3 Å². The second-order valence-corrected chi connectivity index (χ2v) is 6.38. The number of alkyl halides is 2. The summed E-state index contributed by atoms with van der Waals surface area (Å²) >= 11 is 11.7. The Bertz CT molecular complexity index is 233. The molecule has 0 spiro atoms. The molecule has 0 heterocycles. The standard InChI is InChI=1S/C9H14Cl2O2.ClH/c1-8(2)5(4-9(3,10)11)6(8)7(12)13;/h5-6H,4H2,1-3H3,(H,12,13);1H/t5-,6+;/m0./s1.